The normalized spacial score (nSPS) is 20.9. The number of carbonyl (C=O) groups is 2. The largest absolute Gasteiger partial charge is 0.490 e. The van der Waals surface area contributed by atoms with Gasteiger partial charge in [0.05, 0.1) is 17.9 Å². The summed E-state index contributed by atoms with van der Waals surface area (Å²) in [7, 11) is 0. The van der Waals surface area contributed by atoms with E-state index >= 15 is 0 Å². The molecule has 1 saturated carbocycles. The van der Waals surface area contributed by atoms with Crippen molar-refractivity contribution in [1.82, 2.24) is 4.90 Å². The van der Waals surface area contributed by atoms with Crippen molar-refractivity contribution in [3.05, 3.63) is 89.5 Å². The van der Waals surface area contributed by atoms with E-state index in [0.29, 0.717) is 35.9 Å². The fourth-order valence-corrected chi connectivity index (χ4v) is 4.18. The molecule has 5 N–H and O–H groups in total. The molecule has 2 aliphatic rings. The summed E-state index contributed by atoms with van der Waals surface area (Å²) in [5.74, 6) is 0.948. The first-order chi connectivity index (χ1) is 17.0. The van der Waals surface area contributed by atoms with Gasteiger partial charge in [-0.1, -0.05) is 36.4 Å². The highest BCUT2D eigenvalue weighted by molar-refractivity contribution is 6.05. The lowest BCUT2D eigenvalue weighted by Crippen LogP contribution is -2.26. The smallest absolute Gasteiger partial charge is 0.410 e. The number of ether oxygens (including phenoxy) is 2. The first-order valence-electron chi connectivity index (χ1n) is 11.6. The Bertz CT molecular complexity index is 1210. The molecule has 0 aromatic heterocycles. The number of para-hydroxylation sites is 2. The monoisotopic (exact) mass is 472 g/mol. The number of nitrogens with zero attached hydrogens (tertiary/aromatic N) is 1. The highest BCUT2D eigenvalue weighted by Gasteiger charge is 2.35. The maximum Gasteiger partial charge on any atom is 0.410 e. The van der Waals surface area contributed by atoms with Crippen molar-refractivity contribution in [3.8, 4) is 5.75 Å². The minimum absolute atomic E-state index is 0.250. The van der Waals surface area contributed by atoms with E-state index in [2.05, 4.69) is 5.32 Å². The number of hydrogen-bond donors (Lipinski definition) is 3. The number of amides is 2. The lowest BCUT2D eigenvalue weighted by atomic mass is 10.1. The number of nitrogens with one attached hydrogen (secondary N) is 1. The fraction of sp³-hybridized carbons (Fsp3) is 0.259. The third kappa shape index (κ3) is 5.38. The van der Waals surface area contributed by atoms with Gasteiger partial charge in [0.1, 0.15) is 12.4 Å². The lowest BCUT2D eigenvalue weighted by molar-refractivity contribution is 0.102. The quantitative estimate of drug-likeness (QED) is 0.430. The van der Waals surface area contributed by atoms with E-state index in [-0.39, 0.29) is 30.8 Å². The van der Waals surface area contributed by atoms with Crippen LogP contribution in [0.3, 0.4) is 0 Å². The summed E-state index contributed by atoms with van der Waals surface area (Å²) in [5.41, 5.74) is 15.5. The van der Waals surface area contributed by atoms with Gasteiger partial charge < -0.3 is 31.2 Å². The molecule has 1 aliphatic carbocycles. The van der Waals surface area contributed by atoms with Gasteiger partial charge in [0.15, 0.2) is 6.10 Å². The SMILES string of the molecule is Nc1ccccc1NC(=O)c1ccc(CN2CC(COc3ccc(C4CC4N)cc3)OC2=O)cc1. The molecule has 3 aromatic carbocycles. The molecule has 8 heteroatoms. The van der Waals surface area contributed by atoms with E-state index in [1.807, 2.05) is 48.5 Å². The molecule has 3 atom stereocenters. The number of anilines is 2. The van der Waals surface area contributed by atoms with Crippen LogP contribution in [0.1, 0.15) is 33.8 Å². The van der Waals surface area contributed by atoms with Crippen molar-refractivity contribution in [3.63, 3.8) is 0 Å². The number of hydrogen-bond acceptors (Lipinski definition) is 6. The Morgan fingerprint density at radius 3 is 2.46 bits per heavy atom. The summed E-state index contributed by atoms with van der Waals surface area (Å²) in [5, 5.41) is 2.80. The Hall–Kier alpha value is -4.04. The molecule has 5 rings (SSSR count). The first-order valence-corrected chi connectivity index (χ1v) is 11.6. The molecule has 1 heterocycles. The topological polar surface area (TPSA) is 120 Å². The molecule has 0 bridgehead atoms. The summed E-state index contributed by atoms with van der Waals surface area (Å²) in [4.78, 5) is 26.5. The molecule has 0 radical (unpaired) electrons. The van der Waals surface area contributed by atoms with Crippen LogP contribution in [0.15, 0.2) is 72.8 Å². The van der Waals surface area contributed by atoms with Crippen LogP contribution in [-0.4, -0.2) is 42.2 Å². The van der Waals surface area contributed by atoms with E-state index in [4.69, 9.17) is 20.9 Å². The van der Waals surface area contributed by atoms with Crippen LogP contribution in [0.4, 0.5) is 16.2 Å². The van der Waals surface area contributed by atoms with Gasteiger partial charge in [0.2, 0.25) is 0 Å². The van der Waals surface area contributed by atoms with Crippen LogP contribution in [0.25, 0.3) is 0 Å². The van der Waals surface area contributed by atoms with Gasteiger partial charge in [-0.05, 0) is 53.9 Å². The molecule has 1 aliphatic heterocycles. The maximum absolute atomic E-state index is 12.5. The Balaban J connectivity index is 1.11. The summed E-state index contributed by atoms with van der Waals surface area (Å²) >= 11 is 0. The summed E-state index contributed by atoms with van der Waals surface area (Å²) in [6.45, 7) is 1.11. The fourth-order valence-electron chi connectivity index (χ4n) is 4.18. The Labute approximate surface area is 203 Å². The Morgan fingerprint density at radius 1 is 1.06 bits per heavy atom. The maximum atomic E-state index is 12.5. The zero-order valence-electron chi connectivity index (χ0n) is 19.2. The van der Waals surface area contributed by atoms with Gasteiger partial charge in [-0.15, -0.1) is 0 Å². The Kier molecular flexibility index (Phi) is 6.29. The van der Waals surface area contributed by atoms with Crippen molar-refractivity contribution in [2.24, 2.45) is 5.73 Å². The number of rotatable bonds is 8. The number of nitrogens with two attached hydrogens (primary N) is 2. The highest BCUT2D eigenvalue weighted by atomic mass is 16.6. The van der Waals surface area contributed by atoms with Crippen molar-refractivity contribution < 1.29 is 19.1 Å². The molecule has 3 unspecified atom stereocenters. The third-order valence-corrected chi connectivity index (χ3v) is 6.33. The predicted molar refractivity (Wildman–Crippen MR) is 133 cm³/mol. The van der Waals surface area contributed by atoms with Crippen LogP contribution in [-0.2, 0) is 11.3 Å². The predicted octanol–water partition coefficient (Wildman–Crippen LogP) is 3.74. The van der Waals surface area contributed by atoms with E-state index in [1.54, 1.807) is 29.2 Å². The third-order valence-electron chi connectivity index (χ3n) is 6.33. The molecule has 1 saturated heterocycles. The minimum atomic E-state index is -0.377. The second kappa shape index (κ2) is 9.68. The highest BCUT2D eigenvalue weighted by Crippen LogP contribution is 2.39. The number of cyclic esters (lactones) is 1. The van der Waals surface area contributed by atoms with Crippen molar-refractivity contribution in [2.75, 3.05) is 24.2 Å². The van der Waals surface area contributed by atoms with E-state index in [9.17, 15) is 9.59 Å². The van der Waals surface area contributed by atoms with Crippen LogP contribution < -0.4 is 21.5 Å². The lowest BCUT2D eigenvalue weighted by Gasteiger charge is -2.14. The molecule has 2 amide bonds. The summed E-state index contributed by atoms with van der Waals surface area (Å²) in [6.07, 6.45) is 0.311. The average molecular weight is 473 g/mol. The molecular weight excluding hydrogens is 444 g/mol. The second-order valence-electron chi connectivity index (χ2n) is 9.01. The van der Waals surface area contributed by atoms with Crippen LogP contribution in [0.2, 0.25) is 0 Å². The summed E-state index contributed by atoms with van der Waals surface area (Å²) in [6, 6.07) is 22.4. The molecule has 2 fully saturated rings. The molecule has 35 heavy (non-hydrogen) atoms. The zero-order valence-corrected chi connectivity index (χ0v) is 19.2. The zero-order chi connectivity index (χ0) is 24.4. The molecule has 180 valence electrons. The van der Waals surface area contributed by atoms with Crippen molar-refractivity contribution >= 4 is 23.4 Å². The van der Waals surface area contributed by atoms with E-state index in [1.165, 1.54) is 5.56 Å². The number of nitrogen functional groups attached to an aromatic ring is 1. The van der Waals surface area contributed by atoms with E-state index in [0.717, 1.165) is 17.7 Å². The van der Waals surface area contributed by atoms with Crippen LogP contribution in [0, 0.1) is 0 Å². The average Bonchev–Trinajstić information content (AvgIpc) is 3.50. The number of benzene rings is 3. The molecule has 8 nitrogen and oxygen atoms in total. The van der Waals surface area contributed by atoms with Gasteiger partial charge in [0.25, 0.3) is 5.91 Å². The first kappa shape index (κ1) is 22.7. The standard InChI is InChI=1S/C27H28N4O4/c28-23-3-1-2-4-25(23)30-26(32)19-7-5-17(6-8-19)14-31-15-21(35-27(31)33)16-34-20-11-9-18(10-12-20)22-13-24(22)29/h1-12,21-22,24H,13-16,28-29H2,(H,30,32). The van der Waals surface area contributed by atoms with Crippen LogP contribution in [0.5, 0.6) is 5.75 Å². The molecule has 0 spiro atoms. The molecular formula is C27H28N4O4. The number of carbonyl (C=O) groups excluding carboxylic acids is 2. The Morgan fingerprint density at radius 2 is 1.77 bits per heavy atom. The van der Waals surface area contributed by atoms with Gasteiger partial charge >= 0.3 is 6.09 Å². The van der Waals surface area contributed by atoms with Crippen molar-refractivity contribution in [1.29, 1.82) is 0 Å². The van der Waals surface area contributed by atoms with Crippen LogP contribution >= 0.6 is 0 Å². The van der Waals surface area contributed by atoms with Gasteiger partial charge in [-0.2, -0.15) is 0 Å². The summed E-state index contributed by atoms with van der Waals surface area (Å²) < 4.78 is 11.3. The van der Waals surface area contributed by atoms with Crippen molar-refractivity contribution in [2.45, 2.75) is 31.0 Å². The molecule has 3 aromatic rings. The minimum Gasteiger partial charge on any atom is -0.490 e. The van der Waals surface area contributed by atoms with Gasteiger partial charge in [0, 0.05) is 24.1 Å². The van der Waals surface area contributed by atoms with Gasteiger partial charge in [-0.25, -0.2) is 4.79 Å². The second-order valence-corrected chi connectivity index (χ2v) is 9.01. The van der Waals surface area contributed by atoms with Gasteiger partial charge in [-0.3, -0.25) is 4.79 Å². The van der Waals surface area contributed by atoms with E-state index < -0.39 is 0 Å².